The first-order chi connectivity index (χ1) is 12.5. The van der Waals surface area contributed by atoms with Crippen LogP contribution in [0.25, 0.3) is 0 Å². The first kappa shape index (κ1) is 18.7. The van der Waals surface area contributed by atoms with Crippen LogP contribution in [-0.2, 0) is 4.79 Å². The average Bonchev–Trinajstić information content (AvgIpc) is 2.65. The zero-order chi connectivity index (χ0) is 18.6. The van der Waals surface area contributed by atoms with E-state index in [1.165, 1.54) is 12.1 Å². The number of benzene rings is 1. The molecule has 2 fully saturated rings. The molecule has 1 aromatic rings. The van der Waals surface area contributed by atoms with E-state index in [0.29, 0.717) is 18.7 Å². The molecule has 142 valence electrons. The smallest absolute Gasteiger partial charge is 0.321 e. The molecule has 1 aromatic carbocycles. The van der Waals surface area contributed by atoms with Gasteiger partial charge in [0.1, 0.15) is 5.82 Å². The van der Waals surface area contributed by atoms with E-state index in [-0.39, 0.29) is 23.2 Å². The number of halogens is 1. The predicted octanol–water partition coefficient (Wildman–Crippen LogP) is 3.86. The number of hydrogen-bond donors (Lipinski definition) is 1. The van der Waals surface area contributed by atoms with Crippen molar-refractivity contribution in [2.24, 2.45) is 5.41 Å². The molecule has 2 saturated heterocycles. The molecule has 1 N–H and O–H groups in total. The molecule has 0 saturated carbocycles. The number of urea groups is 1. The van der Waals surface area contributed by atoms with Crippen molar-refractivity contribution in [1.29, 1.82) is 0 Å². The van der Waals surface area contributed by atoms with E-state index >= 15 is 0 Å². The summed E-state index contributed by atoms with van der Waals surface area (Å²) in [4.78, 5) is 28.7. The summed E-state index contributed by atoms with van der Waals surface area (Å²) < 4.78 is 13.0. The number of unbranched alkanes of at least 4 members (excludes halogenated alkanes) is 1. The number of amides is 3. The van der Waals surface area contributed by atoms with E-state index < -0.39 is 0 Å². The molecule has 26 heavy (non-hydrogen) atoms. The van der Waals surface area contributed by atoms with Crippen molar-refractivity contribution in [3.63, 3.8) is 0 Å². The zero-order valence-corrected chi connectivity index (χ0v) is 15.5. The second kappa shape index (κ2) is 8.06. The van der Waals surface area contributed by atoms with Gasteiger partial charge in [-0.15, -0.1) is 0 Å². The van der Waals surface area contributed by atoms with Gasteiger partial charge in [0, 0.05) is 43.7 Å². The molecule has 2 aliphatic rings. The number of carbonyl (C=O) groups excluding carboxylic acids is 2. The maximum absolute atomic E-state index is 13.0. The van der Waals surface area contributed by atoms with Crippen LogP contribution in [0.15, 0.2) is 24.3 Å². The number of hydrogen-bond acceptors (Lipinski definition) is 2. The summed E-state index contributed by atoms with van der Waals surface area (Å²) in [7, 11) is 0. The van der Waals surface area contributed by atoms with Crippen LogP contribution in [0.2, 0.25) is 0 Å². The number of carbonyl (C=O) groups is 2. The summed E-state index contributed by atoms with van der Waals surface area (Å²) in [6.07, 6.45) is 5.54. The molecule has 1 atom stereocenters. The molecule has 6 heteroatoms. The predicted molar refractivity (Wildman–Crippen MR) is 99.4 cm³/mol. The molecule has 2 aliphatic heterocycles. The molecule has 0 bridgehead atoms. The van der Waals surface area contributed by atoms with Crippen LogP contribution in [0.4, 0.5) is 14.9 Å². The van der Waals surface area contributed by atoms with Crippen LogP contribution >= 0.6 is 0 Å². The van der Waals surface area contributed by atoms with E-state index in [4.69, 9.17) is 0 Å². The minimum Gasteiger partial charge on any atom is -0.342 e. The van der Waals surface area contributed by atoms with Crippen molar-refractivity contribution in [3.8, 4) is 0 Å². The second-order valence-corrected chi connectivity index (χ2v) is 7.63. The molecule has 0 aliphatic carbocycles. The maximum atomic E-state index is 13.0. The Morgan fingerprint density at radius 1 is 1.23 bits per heavy atom. The van der Waals surface area contributed by atoms with Crippen molar-refractivity contribution in [2.75, 3.05) is 31.5 Å². The number of anilines is 1. The maximum Gasteiger partial charge on any atom is 0.321 e. The first-order valence-corrected chi connectivity index (χ1v) is 9.61. The normalized spacial score (nSPS) is 23.4. The molecular formula is C20H28FN3O2. The Morgan fingerprint density at radius 2 is 2.00 bits per heavy atom. The summed E-state index contributed by atoms with van der Waals surface area (Å²) >= 11 is 0. The van der Waals surface area contributed by atoms with Crippen molar-refractivity contribution < 1.29 is 14.0 Å². The molecule has 3 rings (SSSR count). The van der Waals surface area contributed by atoms with E-state index in [9.17, 15) is 14.0 Å². The number of rotatable bonds is 4. The molecule has 2 heterocycles. The highest BCUT2D eigenvalue weighted by Gasteiger charge is 2.42. The fourth-order valence-corrected chi connectivity index (χ4v) is 4.11. The Hall–Kier alpha value is -2.11. The van der Waals surface area contributed by atoms with E-state index in [0.717, 1.165) is 51.7 Å². The SMILES string of the molecule is CCCCN1C[C@]2(CCCN(C(=O)Nc3ccc(F)cc3)C2)CCC1=O. The zero-order valence-electron chi connectivity index (χ0n) is 15.5. The molecular weight excluding hydrogens is 333 g/mol. The number of nitrogens with zero attached hydrogens (tertiary/aromatic N) is 2. The third-order valence-electron chi connectivity index (χ3n) is 5.57. The van der Waals surface area contributed by atoms with Gasteiger partial charge in [-0.3, -0.25) is 4.79 Å². The van der Waals surface area contributed by atoms with Crippen molar-refractivity contribution in [2.45, 2.75) is 45.4 Å². The highest BCUT2D eigenvalue weighted by Crippen LogP contribution is 2.39. The molecule has 0 unspecified atom stereocenters. The molecule has 0 aromatic heterocycles. The van der Waals surface area contributed by atoms with E-state index in [1.807, 2.05) is 9.80 Å². The molecule has 0 radical (unpaired) electrons. The van der Waals surface area contributed by atoms with Crippen molar-refractivity contribution in [1.82, 2.24) is 9.80 Å². The van der Waals surface area contributed by atoms with Gasteiger partial charge in [-0.25, -0.2) is 9.18 Å². The van der Waals surface area contributed by atoms with E-state index in [1.54, 1.807) is 12.1 Å². The lowest BCUT2D eigenvalue weighted by molar-refractivity contribution is -0.139. The van der Waals surface area contributed by atoms with Crippen LogP contribution in [0.1, 0.15) is 45.4 Å². The van der Waals surface area contributed by atoms with Gasteiger partial charge >= 0.3 is 6.03 Å². The first-order valence-electron chi connectivity index (χ1n) is 9.61. The lowest BCUT2D eigenvalue weighted by atomic mass is 9.73. The number of piperidine rings is 2. The van der Waals surface area contributed by atoms with Crippen LogP contribution in [0.5, 0.6) is 0 Å². The minimum absolute atomic E-state index is 0.0139. The summed E-state index contributed by atoms with van der Waals surface area (Å²) in [5, 5.41) is 2.85. The third-order valence-corrected chi connectivity index (χ3v) is 5.57. The van der Waals surface area contributed by atoms with Crippen LogP contribution < -0.4 is 5.32 Å². The van der Waals surface area contributed by atoms with Gasteiger partial charge in [0.15, 0.2) is 0 Å². The van der Waals surface area contributed by atoms with Gasteiger partial charge < -0.3 is 15.1 Å². The molecule has 3 amide bonds. The van der Waals surface area contributed by atoms with Gasteiger partial charge in [0.25, 0.3) is 0 Å². The monoisotopic (exact) mass is 361 g/mol. The summed E-state index contributed by atoms with van der Waals surface area (Å²) in [5.74, 6) is -0.0732. The van der Waals surface area contributed by atoms with Gasteiger partial charge in [0.2, 0.25) is 5.91 Å². The van der Waals surface area contributed by atoms with Gasteiger partial charge in [-0.2, -0.15) is 0 Å². The van der Waals surface area contributed by atoms with Crippen LogP contribution in [0.3, 0.4) is 0 Å². The second-order valence-electron chi connectivity index (χ2n) is 7.63. The topological polar surface area (TPSA) is 52.6 Å². The average molecular weight is 361 g/mol. The summed E-state index contributed by atoms with van der Waals surface area (Å²) in [6, 6.07) is 5.67. The largest absolute Gasteiger partial charge is 0.342 e. The lowest BCUT2D eigenvalue weighted by Crippen LogP contribution is -2.55. The Labute approximate surface area is 154 Å². The molecule has 1 spiro atoms. The molecule has 5 nitrogen and oxygen atoms in total. The quantitative estimate of drug-likeness (QED) is 0.885. The fraction of sp³-hybridized carbons (Fsp3) is 0.600. The van der Waals surface area contributed by atoms with Crippen LogP contribution in [-0.4, -0.2) is 47.9 Å². The van der Waals surface area contributed by atoms with Gasteiger partial charge in [0.05, 0.1) is 0 Å². The Balaban J connectivity index is 1.63. The standard InChI is InChI=1S/C20H28FN3O2/c1-2-3-12-23-14-20(11-9-18(23)25)10-4-13-24(15-20)19(26)22-17-7-5-16(21)6-8-17/h5-8H,2-4,9-15H2,1H3,(H,22,26)/t20-/m0/s1. The Bertz CT molecular complexity index is 649. The number of likely N-dealkylation sites (tertiary alicyclic amines) is 2. The van der Waals surface area contributed by atoms with Gasteiger partial charge in [-0.1, -0.05) is 13.3 Å². The minimum atomic E-state index is -0.320. The Kier molecular flexibility index (Phi) is 5.79. The third kappa shape index (κ3) is 4.34. The van der Waals surface area contributed by atoms with Crippen LogP contribution in [0, 0.1) is 11.2 Å². The highest BCUT2D eigenvalue weighted by molar-refractivity contribution is 5.89. The van der Waals surface area contributed by atoms with E-state index in [2.05, 4.69) is 12.2 Å². The summed E-state index contributed by atoms with van der Waals surface area (Å²) in [5.41, 5.74) is 0.611. The number of nitrogens with one attached hydrogen (secondary N) is 1. The van der Waals surface area contributed by atoms with Gasteiger partial charge in [-0.05, 0) is 49.9 Å². The lowest BCUT2D eigenvalue weighted by Gasteiger charge is -2.48. The highest BCUT2D eigenvalue weighted by atomic mass is 19.1. The summed E-state index contributed by atoms with van der Waals surface area (Å²) in [6.45, 7) is 5.10. The van der Waals surface area contributed by atoms with Crippen molar-refractivity contribution >= 4 is 17.6 Å². The Morgan fingerprint density at radius 3 is 2.73 bits per heavy atom. The fourth-order valence-electron chi connectivity index (χ4n) is 4.11. The van der Waals surface area contributed by atoms with Crippen molar-refractivity contribution in [3.05, 3.63) is 30.1 Å².